The standard InChI is InChI=1S/C12H13N3O2/c1-2-17-12(16)8-15-9-3-4-10-11(7-9)14-6-5-13-10/h3-7,15H,2,8H2,1H3. The molecule has 0 fully saturated rings. The van der Waals surface area contributed by atoms with E-state index in [9.17, 15) is 4.79 Å². The molecule has 0 unspecified atom stereocenters. The van der Waals surface area contributed by atoms with Gasteiger partial charge >= 0.3 is 5.97 Å². The van der Waals surface area contributed by atoms with Gasteiger partial charge in [-0.1, -0.05) is 0 Å². The van der Waals surface area contributed by atoms with E-state index in [1.807, 2.05) is 18.2 Å². The third-order valence-corrected chi connectivity index (χ3v) is 2.21. The van der Waals surface area contributed by atoms with Gasteiger partial charge in [-0.25, -0.2) is 0 Å². The van der Waals surface area contributed by atoms with Crippen LogP contribution in [-0.2, 0) is 9.53 Å². The van der Waals surface area contributed by atoms with Crippen molar-refractivity contribution in [1.29, 1.82) is 0 Å². The van der Waals surface area contributed by atoms with Crippen LogP contribution in [0, 0.1) is 0 Å². The Morgan fingerprint density at radius 3 is 2.82 bits per heavy atom. The number of fused-ring (bicyclic) bond motifs is 1. The summed E-state index contributed by atoms with van der Waals surface area (Å²) >= 11 is 0. The average molecular weight is 231 g/mol. The molecule has 88 valence electrons. The van der Waals surface area contributed by atoms with Crippen molar-refractivity contribution in [1.82, 2.24) is 9.97 Å². The molecule has 0 spiro atoms. The molecule has 1 heterocycles. The summed E-state index contributed by atoms with van der Waals surface area (Å²) in [4.78, 5) is 19.5. The van der Waals surface area contributed by atoms with Gasteiger partial charge in [-0.05, 0) is 25.1 Å². The monoisotopic (exact) mass is 231 g/mol. The number of aromatic nitrogens is 2. The van der Waals surface area contributed by atoms with E-state index in [0.717, 1.165) is 16.7 Å². The summed E-state index contributed by atoms with van der Waals surface area (Å²) in [6.45, 7) is 2.33. The molecule has 0 saturated carbocycles. The highest BCUT2D eigenvalue weighted by atomic mass is 16.5. The van der Waals surface area contributed by atoms with Crippen molar-refractivity contribution in [2.75, 3.05) is 18.5 Å². The number of ether oxygens (including phenoxy) is 1. The molecule has 0 aliphatic heterocycles. The van der Waals surface area contributed by atoms with Crippen molar-refractivity contribution >= 4 is 22.7 Å². The molecule has 1 N–H and O–H groups in total. The van der Waals surface area contributed by atoms with Crippen molar-refractivity contribution in [3.8, 4) is 0 Å². The van der Waals surface area contributed by atoms with Crippen LogP contribution in [0.25, 0.3) is 11.0 Å². The Balaban J connectivity index is 2.06. The minimum absolute atomic E-state index is 0.152. The molecule has 2 rings (SSSR count). The van der Waals surface area contributed by atoms with E-state index in [1.165, 1.54) is 0 Å². The molecule has 0 bridgehead atoms. The lowest BCUT2D eigenvalue weighted by Gasteiger charge is -2.06. The smallest absolute Gasteiger partial charge is 0.325 e. The Bertz CT molecular complexity index is 528. The molecule has 0 saturated heterocycles. The van der Waals surface area contributed by atoms with Crippen molar-refractivity contribution in [3.05, 3.63) is 30.6 Å². The van der Waals surface area contributed by atoms with Gasteiger partial charge in [-0.3, -0.25) is 14.8 Å². The maximum absolute atomic E-state index is 11.2. The van der Waals surface area contributed by atoms with Crippen LogP contribution >= 0.6 is 0 Å². The molecule has 5 heteroatoms. The Morgan fingerprint density at radius 2 is 2.06 bits per heavy atom. The third-order valence-electron chi connectivity index (χ3n) is 2.21. The molecule has 0 amide bonds. The summed E-state index contributed by atoms with van der Waals surface area (Å²) < 4.78 is 4.82. The fourth-order valence-corrected chi connectivity index (χ4v) is 1.46. The first-order valence-electron chi connectivity index (χ1n) is 5.40. The number of rotatable bonds is 4. The Kier molecular flexibility index (Phi) is 3.49. The summed E-state index contributed by atoms with van der Waals surface area (Å²) in [5.74, 6) is -0.272. The fraction of sp³-hybridized carbons (Fsp3) is 0.250. The first kappa shape index (κ1) is 11.3. The minimum Gasteiger partial charge on any atom is -0.465 e. The van der Waals surface area contributed by atoms with Crippen LogP contribution in [0.1, 0.15) is 6.92 Å². The first-order valence-corrected chi connectivity index (χ1v) is 5.40. The topological polar surface area (TPSA) is 64.1 Å². The number of esters is 1. The number of nitrogens with one attached hydrogen (secondary N) is 1. The maximum Gasteiger partial charge on any atom is 0.325 e. The van der Waals surface area contributed by atoms with Gasteiger partial charge in [-0.15, -0.1) is 0 Å². The molecule has 0 aliphatic carbocycles. The normalized spacial score (nSPS) is 10.2. The van der Waals surface area contributed by atoms with Crippen molar-refractivity contribution in [3.63, 3.8) is 0 Å². The maximum atomic E-state index is 11.2. The van der Waals surface area contributed by atoms with E-state index >= 15 is 0 Å². The predicted octanol–water partition coefficient (Wildman–Crippen LogP) is 1.60. The molecule has 1 aromatic heterocycles. The van der Waals surface area contributed by atoms with E-state index in [0.29, 0.717) is 6.61 Å². The van der Waals surface area contributed by atoms with Gasteiger partial charge in [0.05, 0.1) is 17.6 Å². The molecule has 0 radical (unpaired) electrons. The molecular formula is C12H13N3O2. The summed E-state index contributed by atoms with van der Waals surface area (Å²) in [7, 11) is 0. The van der Waals surface area contributed by atoms with Crippen molar-refractivity contribution in [2.45, 2.75) is 6.92 Å². The van der Waals surface area contributed by atoms with Gasteiger partial charge < -0.3 is 10.1 Å². The van der Waals surface area contributed by atoms with E-state index in [1.54, 1.807) is 19.3 Å². The molecule has 0 aliphatic rings. The zero-order chi connectivity index (χ0) is 12.1. The molecule has 0 atom stereocenters. The number of hydrogen-bond acceptors (Lipinski definition) is 5. The number of hydrogen-bond donors (Lipinski definition) is 1. The minimum atomic E-state index is -0.272. The Labute approximate surface area is 98.8 Å². The summed E-state index contributed by atoms with van der Waals surface area (Å²) in [6, 6.07) is 5.56. The first-order chi connectivity index (χ1) is 8.29. The second kappa shape index (κ2) is 5.25. The van der Waals surface area contributed by atoms with Crippen LogP contribution in [0.3, 0.4) is 0 Å². The highest BCUT2D eigenvalue weighted by molar-refractivity contribution is 5.80. The molecule has 17 heavy (non-hydrogen) atoms. The lowest BCUT2D eigenvalue weighted by atomic mass is 10.2. The lowest BCUT2D eigenvalue weighted by Crippen LogP contribution is -2.16. The Hall–Kier alpha value is -2.17. The summed E-state index contributed by atoms with van der Waals surface area (Å²) in [5.41, 5.74) is 2.45. The van der Waals surface area contributed by atoms with Crippen LogP contribution in [0.2, 0.25) is 0 Å². The van der Waals surface area contributed by atoms with Crippen LogP contribution < -0.4 is 5.32 Å². The van der Waals surface area contributed by atoms with Crippen molar-refractivity contribution in [2.24, 2.45) is 0 Å². The fourth-order valence-electron chi connectivity index (χ4n) is 1.46. The van der Waals surface area contributed by atoms with Crippen LogP contribution in [0.5, 0.6) is 0 Å². The van der Waals surface area contributed by atoms with Gasteiger partial charge in [-0.2, -0.15) is 0 Å². The SMILES string of the molecule is CCOC(=O)CNc1ccc2nccnc2c1. The van der Waals surface area contributed by atoms with Gasteiger partial charge in [0, 0.05) is 18.1 Å². The largest absolute Gasteiger partial charge is 0.465 e. The zero-order valence-corrected chi connectivity index (χ0v) is 9.51. The average Bonchev–Trinajstić information content (AvgIpc) is 2.36. The molecular weight excluding hydrogens is 218 g/mol. The predicted molar refractivity (Wildman–Crippen MR) is 64.7 cm³/mol. The number of carbonyl (C=O) groups excluding carboxylic acids is 1. The number of benzene rings is 1. The van der Waals surface area contributed by atoms with Gasteiger partial charge in [0.25, 0.3) is 0 Å². The quantitative estimate of drug-likeness (QED) is 0.810. The van der Waals surface area contributed by atoms with Crippen LogP contribution in [-0.4, -0.2) is 29.1 Å². The van der Waals surface area contributed by atoms with E-state index < -0.39 is 0 Å². The highest BCUT2D eigenvalue weighted by Crippen LogP contribution is 2.14. The zero-order valence-electron chi connectivity index (χ0n) is 9.51. The number of carbonyl (C=O) groups is 1. The molecule has 1 aromatic carbocycles. The molecule has 2 aromatic rings. The van der Waals surface area contributed by atoms with Gasteiger partial charge in [0.15, 0.2) is 0 Å². The van der Waals surface area contributed by atoms with Crippen LogP contribution in [0.15, 0.2) is 30.6 Å². The summed E-state index contributed by atoms with van der Waals surface area (Å²) in [5, 5.41) is 2.98. The van der Waals surface area contributed by atoms with Crippen molar-refractivity contribution < 1.29 is 9.53 Å². The second-order valence-corrected chi connectivity index (χ2v) is 3.42. The molecule has 5 nitrogen and oxygen atoms in total. The van der Waals surface area contributed by atoms with E-state index in [-0.39, 0.29) is 12.5 Å². The number of nitrogens with zero attached hydrogens (tertiary/aromatic N) is 2. The third kappa shape index (κ3) is 2.90. The van der Waals surface area contributed by atoms with E-state index in [2.05, 4.69) is 15.3 Å². The number of anilines is 1. The highest BCUT2D eigenvalue weighted by Gasteiger charge is 2.02. The Morgan fingerprint density at radius 1 is 1.29 bits per heavy atom. The van der Waals surface area contributed by atoms with Gasteiger partial charge in [0.1, 0.15) is 6.54 Å². The van der Waals surface area contributed by atoms with Gasteiger partial charge in [0.2, 0.25) is 0 Å². The summed E-state index contributed by atoms with van der Waals surface area (Å²) in [6.07, 6.45) is 3.28. The van der Waals surface area contributed by atoms with Crippen LogP contribution in [0.4, 0.5) is 5.69 Å². The lowest BCUT2D eigenvalue weighted by molar-refractivity contribution is -0.140. The second-order valence-electron chi connectivity index (χ2n) is 3.42. The van der Waals surface area contributed by atoms with E-state index in [4.69, 9.17) is 4.74 Å².